The van der Waals surface area contributed by atoms with Crippen molar-refractivity contribution in [3.8, 4) is 0 Å². The Hall–Kier alpha value is -1.58. The van der Waals surface area contributed by atoms with Gasteiger partial charge in [-0.1, -0.05) is 41.5 Å². The first-order valence-corrected chi connectivity index (χ1v) is 10.7. The third kappa shape index (κ3) is 15.5. The van der Waals surface area contributed by atoms with E-state index in [9.17, 15) is 9.59 Å². The Morgan fingerprint density at radius 2 is 1.00 bits per heavy atom. The molecule has 0 bridgehead atoms. The summed E-state index contributed by atoms with van der Waals surface area (Å²) in [6.07, 6.45) is 7.21. The van der Waals surface area contributed by atoms with E-state index in [1.807, 2.05) is 13.8 Å². The van der Waals surface area contributed by atoms with Gasteiger partial charge in [0.15, 0.2) is 0 Å². The van der Waals surface area contributed by atoms with Crippen molar-refractivity contribution < 1.29 is 19.1 Å². The normalized spacial score (nSPS) is 14.9. The van der Waals surface area contributed by atoms with Crippen molar-refractivity contribution in [3.05, 3.63) is 23.7 Å². The Bertz CT molecular complexity index is 481. The number of esters is 2. The molecule has 0 aliphatic rings. The predicted molar refractivity (Wildman–Crippen MR) is 115 cm³/mol. The van der Waals surface area contributed by atoms with E-state index in [2.05, 4.69) is 41.5 Å². The van der Waals surface area contributed by atoms with E-state index in [1.165, 1.54) is 12.5 Å². The van der Waals surface area contributed by atoms with Crippen molar-refractivity contribution in [1.82, 2.24) is 0 Å². The Morgan fingerprint density at radius 1 is 0.679 bits per heavy atom. The van der Waals surface area contributed by atoms with Gasteiger partial charge in [-0.05, 0) is 74.3 Å². The number of rotatable bonds is 13. The van der Waals surface area contributed by atoms with Gasteiger partial charge in [-0.15, -0.1) is 0 Å². The van der Waals surface area contributed by atoms with E-state index in [4.69, 9.17) is 9.47 Å². The third-order valence-electron chi connectivity index (χ3n) is 4.40. The van der Waals surface area contributed by atoms with Crippen molar-refractivity contribution in [2.45, 2.75) is 93.9 Å². The molecular formula is C24H42O4. The standard InChI is InChI=1S/C24H42O4/c1-17(2)11-19(5)13-21(7)15-27-23(25)9-10-24(26)28-16-22(8)14-20(6)12-18(3)4/h15-20H,9-14H2,1-8H3. The van der Waals surface area contributed by atoms with Gasteiger partial charge in [0.2, 0.25) is 0 Å². The average molecular weight is 395 g/mol. The number of carbonyl (C=O) groups is 2. The van der Waals surface area contributed by atoms with E-state index < -0.39 is 11.9 Å². The zero-order valence-corrected chi connectivity index (χ0v) is 19.3. The van der Waals surface area contributed by atoms with Crippen molar-refractivity contribution in [1.29, 1.82) is 0 Å². The fraction of sp³-hybridized carbons (Fsp3) is 0.750. The van der Waals surface area contributed by atoms with Gasteiger partial charge in [0.25, 0.3) is 0 Å². The van der Waals surface area contributed by atoms with Crippen molar-refractivity contribution in [2.75, 3.05) is 0 Å². The van der Waals surface area contributed by atoms with Gasteiger partial charge < -0.3 is 9.47 Å². The minimum atomic E-state index is -0.404. The van der Waals surface area contributed by atoms with Crippen LogP contribution in [0.1, 0.15) is 93.9 Å². The summed E-state index contributed by atoms with van der Waals surface area (Å²) in [5, 5.41) is 0. The quantitative estimate of drug-likeness (QED) is 0.254. The Kier molecular flexibility index (Phi) is 13.6. The summed E-state index contributed by atoms with van der Waals surface area (Å²) in [4.78, 5) is 23.6. The zero-order valence-electron chi connectivity index (χ0n) is 19.3. The van der Waals surface area contributed by atoms with Gasteiger partial charge in [-0.2, -0.15) is 0 Å². The average Bonchev–Trinajstić information content (AvgIpc) is 2.54. The summed E-state index contributed by atoms with van der Waals surface area (Å²) in [5.41, 5.74) is 2.08. The minimum absolute atomic E-state index is 0.0286. The van der Waals surface area contributed by atoms with E-state index in [1.54, 1.807) is 0 Å². The van der Waals surface area contributed by atoms with Gasteiger partial charge >= 0.3 is 11.9 Å². The first kappa shape index (κ1) is 26.4. The molecule has 2 unspecified atom stereocenters. The van der Waals surface area contributed by atoms with Crippen LogP contribution in [0.15, 0.2) is 23.7 Å². The summed E-state index contributed by atoms with van der Waals surface area (Å²) >= 11 is 0. The van der Waals surface area contributed by atoms with E-state index in [-0.39, 0.29) is 12.8 Å². The van der Waals surface area contributed by atoms with Gasteiger partial charge in [0, 0.05) is 0 Å². The molecule has 0 aliphatic carbocycles. The second-order valence-corrected chi connectivity index (χ2v) is 9.29. The maximum absolute atomic E-state index is 11.8. The SMILES string of the molecule is CC(=COC(=O)CCC(=O)OC=C(C)CC(C)CC(C)C)CC(C)CC(C)C. The Labute approximate surface area is 172 Å². The van der Waals surface area contributed by atoms with Crippen molar-refractivity contribution >= 4 is 11.9 Å². The Balaban J connectivity index is 4.15. The predicted octanol–water partition coefficient (Wildman–Crippen LogP) is 6.81. The smallest absolute Gasteiger partial charge is 0.311 e. The topological polar surface area (TPSA) is 52.6 Å². The van der Waals surface area contributed by atoms with Gasteiger partial charge in [0.1, 0.15) is 0 Å². The molecular weight excluding hydrogens is 352 g/mol. The molecule has 0 aromatic heterocycles. The fourth-order valence-corrected chi connectivity index (χ4v) is 3.63. The summed E-state index contributed by atoms with van der Waals surface area (Å²) in [6.45, 7) is 17.2. The lowest BCUT2D eigenvalue weighted by Gasteiger charge is -2.14. The lowest BCUT2D eigenvalue weighted by Crippen LogP contribution is -2.07. The van der Waals surface area contributed by atoms with E-state index >= 15 is 0 Å². The second kappa shape index (κ2) is 14.4. The lowest BCUT2D eigenvalue weighted by atomic mass is 9.93. The minimum Gasteiger partial charge on any atom is -0.435 e. The molecule has 0 aromatic carbocycles. The number of hydrogen-bond acceptors (Lipinski definition) is 4. The van der Waals surface area contributed by atoms with Crippen LogP contribution in [0.4, 0.5) is 0 Å². The summed E-state index contributed by atoms with van der Waals surface area (Å²) in [5.74, 6) is 1.63. The van der Waals surface area contributed by atoms with Crippen LogP contribution in [0.5, 0.6) is 0 Å². The highest BCUT2D eigenvalue weighted by atomic mass is 16.5. The summed E-state index contributed by atoms with van der Waals surface area (Å²) in [7, 11) is 0. The van der Waals surface area contributed by atoms with Crippen LogP contribution >= 0.6 is 0 Å². The van der Waals surface area contributed by atoms with Crippen LogP contribution in [-0.2, 0) is 19.1 Å². The van der Waals surface area contributed by atoms with Crippen LogP contribution in [0, 0.1) is 23.7 Å². The lowest BCUT2D eigenvalue weighted by molar-refractivity contribution is -0.144. The summed E-state index contributed by atoms with van der Waals surface area (Å²) < 4.78 is 10.3. The maximum Gasteiger partial charge on any atom is 0.311 e. The molecule has 0 amide bonds. The fourth-order valence-electron chi connectivity index (χ4n) is 3.63. The molecule has 2 atom stereocenters. The molecule has 4 heteroatoms. The number of ether oxygens (including phenoxy) is 2. The second-order valence-electron chi connectivity index (χ2n) is 9.29. The molecule has 28 heavy (non-hydrogen) atoms. The molecule has 0 saturated heterocycles. The number of hydrogen-bond donors (Lipinski definition) is 0. The molecule has 0 rings (SSSR count). The van der Waals surface area contributed by atoms with Gasteiger partial charge in [-0.25, -0.2) is 0 Å². The van der Waals surface area contributed by atoms with E-state index in [0.29, 0.717) is 23.7 Å². The van der Waals surface area contributed by atoms with Crippen LogP contribution in [0.3, 0.4) is 0 Å². The monoisotopic (exact) mass is 394 g/mol. The molecule has 0 spiro atoms. The molecule has 0 saturated carbocycles. The highest BCUT2D eigenvalue weighted by molar-refractivity contribution is 5.78. The molecule has 4 nitrogen and oxygen atoms in total. The largest absolute Gasteiger partial charge is 0.435 e. The van der Waals surface area contributed by atoms with Gasteiger partial charge in [-0.3, -0.25) is 9.59 Å². The molecule has 0 N–H and O–H groups in total. The van der Waals surface area contributed by atoms with Crippen molar-refractivity contribution in [2.24, 2.45) is 23.7 Å². The van der Waals surface area contributed by atoms with Gasteiger partial charge in [0.05, 0.1) is 25.4 Å². The molecule has 0 fully saturated rings. The molecule has 0 radical (unpaired) electrons. The van der Waals surface area contributed by atoms with Crippen LogP contribution < -0.4 is 0 Å². The molecule has 162 valence electrons. The zero-order chi connectivity index (χ0) is 21.7. The number of allylic oxidation sites excluding steroid dienone is 2. The van der Waals surface area contributed by atoms with E-state index in [0.717, 1.165) is 36.8 Å². The van der Waals surface area contributed by atoms with Crippen LogP contribution in [0.2, 0.25) is 0 Å². The number of carbonyl (C=O) groups excluding carboxylic acids is 2. The van der Waals surface area contributed by atoms with Crippen molar-refractivity contribution in [3.63, 3.8) is 0 Å². The summed E-state index contributed by atoms with van der Waals surface area (Å²) in [6, 6.07) is 0. The highest BCUT2D eigenvalue weighted by Gasteiger charge is 2.11. The van der Waals surface area contributed by atoms with Crippen LogP contribution in [0.25, 0.3) is 0 Å². The molecule has 0 heterocycles. The molecule has 0 aliphatic heterocycles. The Morgan fingerprint density at radius 3 is 1.29 bits per heavy atom. The van der Waals surface area contributed by atoms with Crippen LogP contribution in [-0.4, -0.2) is 11.9 Å². The highest BCUT2D eigenvalue weighted by Crippen LogP contribution is 2.20. The first-order valence-electron chi connectivity index (χ1n) is 10.7. The third-order valence-corrected chi connectivity index (χ3v) is 4.40. The molecule has 0 aromatic rings. The first-order chi connectivity index (χ1) is 13.0. The maximum atomic E-state index is 11.8.